The molecule has 0 aliphatic carbocycles. The van der Waals surface area contributed by atoms with Crippen molar-refractivity contribution in [1.82, 2.24) is 19.7 Å². The highest BCUT2D eigenvalue weighted by Gasteiger charge is 2.24. The van der Waals surface area contributed by atoms with Crippen LogP contribution in [-0.4, -0.2) is 65.4 Å². The molecular formula is C28H32N6O2. The van der Waals surface area contributed by atoms with Gasteiger partial charge in [-0.15, -0.1) is 0 Å². The van der Waals surface area contributed by atoms with Crippen LogP contribution in [0, 0.1) is 25.2 Å². The number of hydrogen-bond donors (Lipinski definition) is 2. The molecule has 0 bridgehead atoms. The molecule has 2 aromatic carbocycles. The molecule has 1 aliphatic rings. The number of carbonyl (C=O) groups is 2. The van der Waals surface area contributed by atoms with Crippen LogP contribution < -0.4 is 10.6 Å². The molecule has 3 aromatic rings. The fraction of sp³-hybridized carbons (Fsp3) is 0.321. The summed E-state index contributed by atoms with van der Waals surface area (Å²) in [4.78, 5) is 29.5. The topological polar surface area (TPSA) is 93.4 Å². The third-order valence-electron chi connectivity index (χ3n) is 6.63. The number of amides is 2. The first-order chi connectivity index (χ1) is 17.5. The van der Waals surface area contributed by atoms with Crippen LogP contribution in [0.4, 0.5) is 5.82 Å². The second-order valence-electron chi connectivity index (χ2n) is 9.08. The molecule has 0 atom stereocenters. The number of nitrogens with one attached hydrogen (secondary N) is 2. The standard InChI is InChI=1S/C28H32N6O2/c1-21-22(2)34(24-11-7-4-8-12-24)28(25(21)17-29)31-27(36)20-33-15-13-32(14-16-33)19-26(35)30-18-23-9-5-3-6-10-23/h3-12H,13-16,18-20H2,1-2H3,(H,30,35)(H,31,36). The molecule has 1 aromatic heterocycles. The third-order valence-corrected chi connectivity index (χ3v) is 6.63. The van der Waals surface area contributed by atoms with E-state index < -0.39 is 0 Å². The number of aromatic nitrogens is 1. The molecule has 186 valence electrons. The Morgan fingerprint density at radius 1 is 0.861 bits per heavy atom. The maximum absolute atomic E-state index is 13.0. The van der Waals surface area contributed by atoms with Crippen LogP contribution in [0.5, 0.6) is 0 Å². The van der Waals surface area contributed by atoms with E-state index in [1.807, 2.05) is 79.1 Å². The summed E-state index contributed by atoms with van der Waals surface area (Å²) in [5, 5.41) is 15.7. The summed E-state index contributed by atoms with van der Waals surface area (Å²) in [6.07, 6.45) is 0. The fourth-order valence-corrected chi connectivity index (χ4v) is 4.50. The van der Waals surface area contributed by atoms with Gasteiger partial charge in [0, 0.05) is 44.1 Å². The minimum atomic E-state index is -0.157. The van der Waals surface area contributed by atoms with Crippen molar-refractivity contribution in [3.63, 3.8) is 0 Å². The Labute approximate surface area is 212 Å². The first-order valence-corrected chi connectivity index (χ1v) is 12.2. The van der Waals surface area contributed by atoms with Crippen molar-refractivity contribution in [1.29, 1.82) is 5.26 Å². The molecule has 1 aliphatic heterocycles. The molecule has 8 heteroatoms. The lowest BCUT2D eigenvalue weighted by atomic mass is 10.2. The molecule has 4 rings (SSSR count). The molecule has 8 nitrogen and oxygen atoms in total. The van der Waals surface area contributed by atoms with Gasteiger partial charge in [0.05, 0.1) is 18.7 Å². The van der Waals surface area contributed by atoms with E-state index in [1.165, 1.54) is 0 Å². The van der Waals surface area contributed by atoms with Crippen molar-refractivity contribution in [2.24, 2.45) is 0 Å². The Morgan fingerprint density at radius 2 is 1.42 bits per heavy atom. The Bertz CT molecular complexity index is 1240. The lowest BCUT2D eigenvalue weighted by molar-refractivity contribution is -0.123. The van der Waals surface area contributed by atoms with Crippen molar-refractivity contribution in [2.75, 3.05) is 44.6 Å². The Kier molecular flexibility index (Phi) is 8.16. The van der Waals surface area contributed by atoms with Crippen LogP contribution in [0.1, 0.15) is 22.4 Å². The van der Waals surface area contributed by atoms with Gasteiger partial charge in [-0.3, -0.25) is 24.0 Å². The second kappa shape index (κ2) is 11.7. The zero-order valence-corrected chi connectivity index (χ0v) is 20.8. The van der Waals surface area contributed by atoms with Crippen LogP contribution in [0.15, 0.2) is 60.7 Å². The van der Waals surface area contributed by atoms with Gasteiger partial charge in [-0.05, 0) is 37.1 Å². The molecule has 2 heterocycles. The number of hydrogen-bond acceptors (Lipinski definition) is 5. The first-order valence-electron chi connectivity index (χ1n) is 12.2. The predicted molar refractivity (Wildman–Crippen MR) is 140 cm³/mol. The maximum atomic E-state index is 13.0. The summed E-state index contributed by atoms with van der Waals surface area (Å²) in [6, 6.07) is 21.8. The van der Waals surface area contributed by atoms with Gasteiger partial charge in [-0.2, -0.15) is 5.26 Å². The van der Waals surface area contributed by atoms with Gasteiger partial charge in [0.15, 0.2) is 0 Å². The molecular weight excluding hydrogens is 452 g/mol. The van der Waals surface area contributed by atoms with Crippen LogP contribution in [0.2, 0.25) is 0 Å². The molecule has 0 unspecified atom stereocenters. The SMILES string of the molecule is Cc1c(C#N)c(NC(=O)CN2CCN(CC(=O)NCc3ccccc3)CC2)n(-c2ccccc2)c1C. The van der Waals surface area contributed by atoms with Gasteiger partial charge < -0.3 is 10.6 Å². The second-order valence-corrected chi connectivity index (χ2v) is 9.08. The Hall–Kier alpha value is -3.93. The van der Waals surface area contributed by atoms with Crippen LogP contribution in [0.3, 0.4) is 0 Å². The molecule has 1 fully saturated rings. The summed E-state index contributed by atoms with van der Waals surface area (Å²) in [5.74, 6) is 0.356. The van der Waals surface area contributed by atoms with Crippen LogP contribution >= 0.6 is 0 Å². The van der Waals surface area contributed by atoms with E-state index in [2.05, 4.69) is 26.5 Å². The van der Waals surface area contributed by atoms with Crippen molar-refractivity contribution in [3.05, 3.63) is 83.0 Å². The summed E-state index contributed by atoms with van der Waals surface area (Å²) >= 11 is 0. The summed E-state index contributed by atoms with van der Waals surface area (Å²) in [5.41, 5.74) is 4.23. The van der Waals surface area contributed by atoms with Gasteiger partial charge in [0.2, 0.25) is 11.8 Å². The van der Waals surface area contributed by atoms with E-state index in [4.69, 9.17) is 0 Å². The first kappa shape index (κ1) is 25.2. The number of carbonyl (C=O) groups excluding carboxylic acids is 2. The van der Waals surface area contributed by atoms with E-state index in [-0.39, 0.29) is 18.4 Å². The van der Waals surface area contributed by atoms with E-state index in [9.17, 15) is 14.9 Å². The van der Waals surface area contributed by atoms with Gasteiger partial charge in [-0.25, -0.2) is 0 Å². The predicted octanol–water partition coefficient (Wildman–Crippen LogP) is 2.84. The number of nitriles is 1. The van der Waals surface area contributed by atoms with Crippen LogP contribution in [-0.2, 0) is 16.1 Å². The number of nitrogens with zero attached hydrogens (tertiary/aromatic N) is 4. The molecule has 1 saturated heterocycles. The maximum Gasteiger partial charge on any atom is 0.239 e. The van der Waals surface area contributed by atoms with Crippen molar-refractivity contribution < 1.29 is 9.59 Å². The zero-order valence-electron chi connectivity index (χ0n) is 20.8. The lowest BCUT2D eigenvalue weighted by Crippen LogP contribution is -2.51. The summed E-state index contributed by atoms with van der Waals surface area (Å²) in [6.45, 7) is 7.78. The van der Waals surface area contributed by atoms with E-state index in [1.54, 1.807) is 0 Å². The van der Waals surface area contributed by atoms with Crippen molar-refractivity contribution >= 4 is 17.6 Å². The monoisotopic (exact) mass is 484 g/mol. The highest BCUT2D eigenvalue weighted by Crippen LogP contribution is 2.29. The van der Waals surface area contributed by atoms with Gasteiger partial charge in [0.25, 0.3) is 0 Å². The van der Waals surface area contributed by atoms with Gasteiger partial charge in [-0.1, -0.05) is 48.5 Å². The molecule has 36 heavy (non-hydrogen) atoms. The summed E-state index contributed by atoms with van der Waals surface area (Å²) in [7, 11) is 0. The zero-order chi connectivity index (χ0) is 25.5. The third kappa shape index (κ3) is 6.00. The Balaban J connectivity index is 1.30. The van der Waals surface area contributed by atoms with E-state index in [0.717, 1.165) is 22.5 Å². The van der Waals surface area contributed by atoms with Crippen molar-refractivity contribution in [2.45, 2.75) is 20.4 Å². The molecule has 2 N–H and O–H groups in total. The van der Waals surface area contributed by atoms with Crippen LogP contribution in [0.25, 0.3) is 5.69 Å². The molecule has 2 amide bonds. The fourth-order valence-electron chi connectivity index (χ4n) is 4.50. The summed E-state index contributed by atoms with van der Waals surface area (Å²) < 4.78 is 1.93. The molecule has 0 spiro atoms. The number of para-hydroxylation sites is 1. The van der Waals surface area contributed by atoms with Crippen molar-refractivity contribution in [3.8, 4) is 11.8 Å². The smallest absolute Gasteiger partial charge is 0.239 e. The Morgan fingerprint density at radius 3 is 2.00 bits per heavy atom. The van der Waals surface area contributed by atoms with E-state index in [0.29, 0.717) is 50.6 Å². The van der Waals surface area contributed by atoms with Gasteiger partial charge in [0.1, 0.15) is 11.9 Å². The number of benzene rings is 2. The minimum Gasteiger partial charge on any atom is -0.351 e. The molecule has 0 saturated carbocycles. The highest BCUT2D eigenvalue weighted by molar-refractivity contribution is 5.93. The minimum absolute atomic E-state index is 0.00138. The largest absolute Gasteiger partial charge is 0.351 e. The lowest BCUT2D eigenvalue weighted by Gasteiger charge is -2.33. The quantitative estimate of drug-likeness (QED) is 0.513. The normalized spacial score (nSPS) is 14.2. The number of rotatable bonds is 8. The number of piperazine rings is 1. The highest BCUT2D eigenvalue weighted by atomic mass is 16.2. The average Bonchev–Trinajstić information content (AvgIpc) is 3.13. The average molecular weight is 485 g/mol. The van der Waals surface area contributed by atoms with Gasteiger partial charge >= 0.3 is 0 Å². The number of anilines is 1. The molecule has 0 radical (unpaired) electrons. The van der Waals surface area contributed by atoms with E-state index >= 15 is 0 Å².